The molecule has 1 fully saturated rings. The van der Waals surface area contributed by atoms with Crippen molar-refractivity contribution in [2.75, 3.05) is 11.6 Å². The molecule has 19 heavy (non-hydrogen) atoms. The number of amides is 1. The zero-order valence-corrected chi connectivity index (χ0v) is 10.7. The van der Waals surface area contributed by atoms with Gasteiger partial charge in [0, 0.05) is 25.1 Å². The highest BCUT2D eigenvalue weighted by atomic mass is 35.5. The monoisotopic (exact) mass is 274 g/mol. The number of halogens is 1. The van der Waals surface area contributed by atoms with Gasteiger partial charge in [-0.25, -0.2) is 15.4 Å². The molecule has 2 aromatic rings. The second-order valence-corrected chi connectivity index (χ2v) is 4.65. The smallest absolute Gasteiger partial charge is 0.251 e. The van der Waals surface area contributed by atoms with E-state index in [0.717, 1.165) is 5.56 Å². The van der Waals surface area contributed by atoms with Crippen LogP contribution in [0.2, 0.25) is 5.02 Å². The minimum absolute atomic E-state index is 0.0391. The van der Waals surface area contributed by atoms with Crippen molar-refractivity contribution in [3.05, 3.63) is 53.4 Å². The first-order valence-electron chi connectivity index (χ1n) is 5.84. The number of carbonyl (C=O) groups is 1. The van der Waals surface area contributed by atoms with E-state index in [2.05, 4.69) is 15.4 Å². The fourth-order valence-corrected chi connectivity index (χ4v) is 2.15. The van der Waals surface area contributed by atoms with Crippen LogP contribution in [0.5, 0.6) is 0 Å². The number of rotatable bonds is 2. The predicted octanol–water partition coefficient (Wildman–Crippen LogP) is 1.76. The van der Waals surface area contributed by atoms with Crippen molar-refractivity contribution in [1.29, 1.82) is 0 Å². The lowest BCUT2D eigenvalue weighted by atomic mass is 10.0. The molecule has 0 spiro atoms. The van der Waals surface area contributed by atoms with E-state index in [1.54, 1.807) is 24.5 Å². The van der Waals surface area contributed by atoms with Gasteiger partial charge in [-0.15, -0.1) is 0 Å². The summed E-state index contributed by atoms with van der Waals surface area (Å²) < 4.78 is 0. The minimum Gasteiger partial charge on any atom is -0.272 e. The molecule has 2 aromatic heterocycles. The topological polar surface area (TPSA) is 58.1 Å². The molecule has 0 bridgehead atoms. The summed E-state index contributed by atoms with van der Waals surface area (Å²) in [7, 11) is 0. The number of pyridine rings is 2. The maximum atomic E-state index is 12.4. The first kappa shape index (κ1) is 12.1. The quantitative estimate of drug-likeness (QED) is 0.907. The largest absolute Gasteiger partial charge is 0.272 e. The third kappa shape index (κ3) is 2.30. The fourth-order valence-electron chi connectivity index (χ4n) is 2.04. The molecule has 1 aliphatic heterocycles. The Bertz CT molecular complexity index is 587. The molecule has 1 atom stereocenters. The predicted molar refractivity (Wildman–Crippen MR) is 71.7 cm³/mol. The van der Waals surface area contributed by atoms with Crippen molar-refractivity contribution in [2.24, 2.45) is 0 Å². The first-order chi connectivity index (χ1) is 9.25. The number of aromatic nitrogens is 2. The Morgan fingerprint density at radius 2 is 2.21 bits per heavy atom. The third-order valence-corrected chi connectivity index (χ3v) is 3.22. The van der Waals surface area contributed by atoms with Gasteiger partial charge in [0.05, 0.1) is 10.9 Å². The van der Waals surface area contributed by atoms with Crippen LogP contribution in [-0.4, -0.2) is 22.4 Å². The van der Waals surface area contributed by atoms with Crippen LogP contribution in [0.25, 0.3) is 0 Å². The number of hydrogen-bond donors (Lipinski definition) is 1. The molecule has 0 aliphatic carbocycles. The van der Waals surface area contributed by atoms with Gasteiger partial charge in [-0.2, -0.15) is 0 Å². The zero-order chi connectivity index (χ0) is 13.2. The van der Waals surface area contributed by atoms with Gasteiger partial charge >= 0.3 is 0 Å². The van der Waals surface area contributed by atoms with E-state index in [1.807, 2.05) is 12.1 Å². The normalized spacial score (nSPS) is 18.9. The highest BCUT2D eigenvalue weighted by Crippen LogP contribution is 2.24. The van der Waals surface area contributed by atoms with Crippen LogP contribution in [0.15, 0.2) is 42.9 Å². The lowest BCUT2D eigenvalue weighted by molar-refractivity contribution is -0.118. The van der Waals surface area contributed by atoms with Crippen LogP contribution < -0.4 is 10.4 Å². The summed E-state index contributed by atoms with van der Waals surface area (Å²) in [6.45, 7) is 0.537. The lowest BCUT2D eigenvalue weighted by Crippen LogP contribution is -2.35. The van der Waals surface area contributed by atoms with Crippen LogP contribution in [0.1, 0.15) is 11.5 Å². The summed E-state index contributed by atoms with van der Waals surface area (Å²) in [5.74, 6) is 0.273. The third-order valence-electron chi connectivity index (χ3n) is 3.00. The van der Waals surface area contributed by atoms with E-state index in [-0.39, 0.29) is 11.8 Å². The number of hydrazine groups is 1. The molecule has 1 unspecified atom stereocenters. The van der Waals surface area contributed by atoms with Crippen molar-refractivity contribution in [2.45, 2.75) is 5.92 Å². The minimum atomic E-state index is -0.230. The zero-order valence-electron chi connectivity index (χ0n) is 9.95. The summed E-state index contributed by atoms with van der Waals surface area (Å²) in [5.41, 5.74) is 3.94. The SMILES string of the molecule is O=C1C(c2cccnc2)CNN1c1ccc(Cl)cn1. The maximum Gasteiger partial charge on any atom is 0.251 e. The van der Waals surface area contributed by atoms with Gasteiger partial charge in [0.2, 0.25) is 0 Å². The average molecular weight is 275 g/mol. The van der Waals surface area contributed by atoms with Crippen LogP contribution >= 0.6 is 11.6 Å². The van der Waals surface area contributed by atoms with Crippen LogP contribution in [0.3, 0.4) is 0 Å². The van der Waals surface area contributed by atoms with E-state index < -0.39 is 0 Å². The summed E-state index contributed by atoms with van der Waals surface area (Å²) in [4.78, 5) is 20.5. The number of carbonyl (C=O) groups excluding carboxylic acids is 1. The van der Waals surface area contributed by atoms with E-state index in [1.165, 1.54) is 11.2 Å². The van der Waals surface area contributed by atoms with Crippen molar-refractivity contribution in [3.63, 3.8) is 0 Å². The van der Waals surface area contributed by atoms with Gasteiger partial charge in [0.25, 0.3) is 5.91 Å². The molecule has 1 N–H and O–H groups in total. The van der Waals surface area contributed by atoms with E-state index >= 15 is 0 Å². The van der Waals surface area contributed by atoms with Crippen LogP contribution in [0, 0.1) is 0 Å². The molecular weight excluding hydrogens is 264 g/mol. The Labute approximate surface area is 115 Å². The molecule has 0 saturated carbocycles. The fraction of sp³-hybridized carbons (Fsp3) is 0.154. The van der Waals surface area contributed by atoms with Crippen LogP contribution in [0.4, 0.5) is 5.82 Å². The van der Waals surface area contributed by atoms with Crippen LogP contribution in [-0.2, 0) is 4.79 Å². The van der Waals surface area contributed by atoms with Crippen molar-refractivity contribution >= 4 is 23.3 Å². The second-order valence-electron chi connectivity index (χ2n) is 4.21. The maximum absolute atomic E-state index is 12.4. The van der Waals surface area contributed by atoms with Crippen molar-refractivity contribution in [1.82, 2.24) is 15.4 Å². The van der Waals surface area contributed by atoms with E-state index in [4.69, 9.17) is 11.6 Å². The summed E-state index contributed by atoms with van der Waals surface area (Å²) >= 11 is 5.78. The van der Waals surface area contributed by atoms with Gasteiger partial charge < -0.3 is 0 Å². The van der Waals surface area contributed by atoms with Gasteiger partial charge in [0.15, 0.2) is 0 Å². The Morgan fingerprint density at radius 1 is 1.32 bits per heavy atom. The Balaban J connectivity index is 1.84. The average Bonchev–Trinajstić information content (AvgIpc) is 2.83. The van der Waals surface area contributed by atoms with E-state index in [0.29, 0.717) is 17.4 Å². The standard InChI is InChI=1S/C13H11ClN4O/c14-10-3-4-12(16-7-10)18-13(19)11(8-17-18)9-2-1-5-15-6-9/h1-7,11,17H,8H2. The number of nitrogens with zero attached hydrogens (tertiary/aromatic N) is 3. The molecule has 1 saturated heterocycles. The Morgan fingerprint density at radius 3 is 2.89 bits per heavy atom. The van der Waals surface area contributed by atoms with Gasteiger partial charge in [-0.3, -0.25) is 9.78 Å². The lowest BCUT2D eigenvalue weighted by Gasteiger charge is -2.14. The van der Waals surface area contributed by atoms with Gasteiger partial charge in [-0.05, 0) is 23.8 Å². The molecule has 6 heteroatoms. The van der Waals surface area contributed by atoms with Crippen molar-refractivity contribution in [3.8, 4) is 0 Å². The highest BCUT2D eigenvalue weighted by molar-refractivity contribution is 6.30. The molecule has 1 aliphatic rings. The molecule has 5 nitrogen and oxygen atoms in total. The molecule has 0 radical (unpaired) electrons. The van der Waals surface area contributed by atoms with Gasteiger partial charge in [0.1, 0.15) is 5.82 Å². The second kappa shape index (κ2) is 4.95. The Hall–Kier alpha value is -1.98. The highest BCUT2D eigenvalue weighted by Gasteiger charge is 2.34. The molecular formula is C13H11ClN4O. The molecule has 3 heterocycles. The first-order valence-corrected chi connectivity index (χ1v) is 6.22. The number of nitrogens with one attached hydrogen (secondary N) is 1. The Kier molecular flexibility index (Phi) is 3.15. The summed E-state index contributed by atoms with van der Waals surface area (Å²) in [5, 5.41) is 1.99. The molecule has 3 rings (SSSR count). The van der Waals surface area contributed by atoms with Gasteiger partial charge in [-0.1, -0.05) is 17.7 Å². The van der Waals surface area contributed by atoms with E-state index in [9.17, 15) is 4.79 Å². The number of anilines is 1. The summed E-state index contributed by atoms with van der Waals surface area (Å²) in [6, 6.07) is 7.14. The summed E-state index contributed by atoms with van der Waals surface area (Å²) in [6.07, 6.45) is 4.92. The molecule has 96 valence electrons. The number of hydrogen-bond acceptors (Lipinski definition) is 4. The molecule has 0 aromatic carbocycles. The van der Waals surface area contributed by atoms with Crippen molar-refractivity contribution < 1.29 is 4.79 Å². The molecule has 1 amide bonds.